The Hall–Kier alpha value is -2.68. The second-order valence-electron chi connectivity index (χ2n) is 7.43. The summed E-state index contributed by atoms with van der Waals surface area (Å²) < 4.78 is 42.6. The molecule has 0 bridgehead atoms. The zero-order valence-corrected chi connectivity index (χ0v) is 17.8. The van der Waals surface area contributed by atoms with E-state index in [1.165, 1.54) is 11.0 Å². The highest BCUT2D eigenvalue weighted by Crippen LogP contribution is 2.40. The number of anilines is 1. The third-order valence-corrected chi connectivity index (χ3v) is 5.81. The standard InChI is InChI=1S/C21H18BrF3N4O/c1-12(6-19-27-26-11-28(19)2)13-4-3-5-15(7-13)29-10-17-16(20(29)30)8-14(22)9-18(17)21(23,24)25/h3-5,7-9,11-12H,6,10H2,1-2H3. The van der Waals surface area contributed by atoms with Crippen molar-refractivity contribution in [3.63, 3.8) is 0 Å². The lowest BCUT2D eigenvalue weighted by Crippen LogP contribution is -2.23. The second-order valence-corrected chi connectivity index (χ2v) is 8.34. The number of halogens is 4. The summed E-state index contributed by atoms with van der Waals surface area (Å²) in [6.07, 6.45) is -2.25. The number of benzene rings is 2. The van der Waals surface area contributed by atoms with E-state index in [4.69, 9.17) is 0 Å². The molecule has 1 aromatic heterocycles. The van der Waals surface area contributed by atoms with Crippen molar-refractivity contribution in [1.29, 1.82) is 0 Å². The average molecular weight is 479 g/mol. The molecule has 3 aromatic rings. The summed E-state index contributed by atoms with van der Waals surface area (Å²) in [6, 6.07) is 9.82. The minimum Gasteiger partial charge on any atom is -0.321 e. The van der Waals surface area contributed by atoms with E-state index in [-0.39, 0.29) is 28.1 Å². The van der Waals surface area contributed by atoms with Gasteiger partial charge >= 0.3 is 6.18 Å². The van der Waals surface area contributed by atoms with Gasteiger partial charge in [-0.15, -0.1) is 10.2 Å². The minimum atomic E-state index is -4.53. The van der Waals surface area contributed by atoms with E-state index in [0.29, 0.717) is 12.1 Å². The van der Waals surface area contributed by atoms with Crippen LogP contribution in [0.4, 0.5) is 18.9 Å². The van der Waals surface area contributed by atoms with Crippen LogP contribution in [0.2, 0.25) is 0 Å². The maximum atomic E-state index is 13.5. The number of hydrogen-bond acceptors (Lipinski definition) is 3. The Morgan fingerprint density at radius 2 is 2.00 bits per heavy atom. The molecular weight excluding hydrogens is 461 g/mol. The van der Waals surface area contributed by atoms with Gasteiger partial charge in [0, 0.05) is 29.2 Å². The predicted molar refractivity (Wildman–Crippen MR) is 109 cm³/mol. The molecule has 0 spiro atoms. The number of fused-ring (bicyclic) bond motifs is 1. The number of nitrogens with zero attached hydrogens (tertiary/aromatic N) is 4. The fourth-order valence-corrected chi connectivity index (χ4v) is 4.18. The van der Waals surface area contributed by atoms with Crippen LogP contribution >= 0.6 is 15.9 Å². The number of carbonyl (C=O) groups excluding carboxylic acids is 1. The van der Waals surface area contributed by atoms with Gasteiger partial charge in [0.25, 0.3) is 5.91 Å². The molecule has 5 nitrogen and oxygen atoms in total. The van der Waals surface area contributed by atoms with E-state index in [1.54, 1.807) is 12.4 Å². The number of alkyl halides is 3. The summed E-state index contributed by atoms with van der Waals surface area (Å²) in [5, 5.41) is 7.98. The van der Waals surface area contributed by atoms with Crippen molar-refractivity contribution >= 4 is 27.5 Å². The Balaban J connectivity index is 1.65. The Bertz CT molecular complexity index is 1130. The molecule has 2 aromatic carbocycles. The van der Waals surface area contributed by atoms with Crippen molar-refractivity contribution in [3.05, 3.63) is 75.3 Å². The number of rotatable bonds is 4. The Kier molecular flexibility index (Phi) is 5.17. The first-order valence-corrected chi connectivity index (χ1v) is 10.1. The van der Waals surface area contributed by atoms with Gasteiger partial charge in [-0.2, -0.15) is 13.2 Å². The normalized spacial score (nSPS) is 14.9. The Labute approximate surface area is 179 Å². The predicted octanol–water partition coefficient (Wildman–Crippen LogP) is 5.10. The van der Waals surface area contributed by atoms with E-state index in [2.05, 4.69) is 26.1 Å². The van der Waals surface area contributed by atoms with E-state index in [0.717, 1.165) is 17.5 Å². The van der Waals surface area contributed by atoms with Crippen LogP contribution in [-0.4, -0.2) is 20.7 Å². The van der Waals surface area contributed by atoms with Gasteiger partial charge < -0.3 is 9.47 Å². The topological polar surface area (TPSA) is 51.0 Å². The highest BCUT2D eigenvalue weighted by molar-refractivity contribution is 9.10. The van der Waals surface area contributed by atoms with Crippen LogP contribution < -0.4 is 4.90 Å². The molecule has 0 aliphatic carbocycles. The number of aryl methyl sites for hydroxylation is 1. The summed E-state index contributed by atoms with van der Waals surface area (Å²) in [4.78, 5) is 14.3. The smallest absolute Gasteiger partial charge is 0.321 e. The van der Waals surface area contributed by atoms with Crippen molar-refractivity contribution in [3.8, 4) is 0 Å². The van der Waals surface area contributed by atoms with Crippen molar-refractivity contribution in [2.45, 2.75) is 32.0 Å². The molecule has 1 amide bonds. The summed E-state index contributed by atoms with van der Waals surface area (Å²) >= 11 is 3.09. The maximum absolute atomic E-state index is 13.5. The molecule has 0 radical (unpaired) electrons. The molecule has 9 heteroatoms. The summed E-state index contributed by atoms with van der Waals surface area (Å²) in [5.74, 6) is 0.486. The van der Waals surface area contributed by atoms with E-state index in [9.17, 15) is 18.0 Å². The van der Waals surface area contributed by atoms with Crippen molar-refractivity contribution in [2.75, 3.05) is 4.90 Å². The molecule has 0 fully saturated rings. The maximum Gasteiger partial charge on any atom is 0.416 e. The molecule has 1 aliphatic heterocycles. The first-order chi connectivity index (χ1) is 14.1. The molecule has 0 N–H and O–H groups in total. The molecule has 156 valence electrons. The quantitative estimate of drug-likeness (QED) is 0.523. The third-order valence-electron chi connectivity index (χ3n) is 5.36. The van der Waals surface area contributed by atoms with E-state index < -0.39 is 17.6 Å². The third kappa shape index (κ3) is 3.74. The van der Waals surface area contributed by atoms with Gasteiger partial charge in [-0.25, -0.2) is 0 Å². The number of hydrogen-bond donors (Lipinski definition) is 0. The van der Waals surface area contributed by atoms with Crippen LogP contribution in [0.15, 0.2) is 47.2 Å². The minimum absolute atomic E-state index is 0.00763. The lowest BCUT2D eigenvalue weighted by atomic mass is 9.97. The second kappa shape index (κ2) is 7.54. The number of amides is 1. The van der Waals surface area contributed by atoms with E-state index in [1.807, 2.05) is 36.7 Å². The Morgan fingerprint density at radius 1 is 1.23 bits per heavy atom. The van der Waals surface area contributed by atoms with Crippen molar-refractivity contribution in [1.82, 2.24) is 14.8 Å². The lowest BCUT2D eigenvalue weighted by Gasteiger charge is -2.19. The SMILES string of the molecule is CC(Cc1nncn1C)c1cccc(N2Cc3c(cc(Br)cc3C(F)(F)F)C2=O)c1. The summed E-state index contributed by atoms with van der Waals surface area (Å²) in [6.45, 7) is 1.92. The van der Waals surface area contributed by atoms with Gasteiger partial charge in [-0.3, -0.25) is 4.79 Å². The molecule has 1 atom stereocenters. The van der Waals surface area contributed by atoms with Crippen LogP contribution in [0.5, 0.6) is 0 Å². The van der Waals surface area contributed by atoms with Crippen LogP contribution in [0.1, 0.15) is 45.7 Å². The Morgan fingerprint density at radius 3 is 2.67 bits per heavy atom. The largest absolute Gasteiger partial charge is 0.416 e. The van der Waals surface area contributed by atoms with Gasteiger partial charge in [-0.05, 0) is 41.3 Å². The van der Waals surface area contributed by atoms with Gasteiger partial charge in [0.15, 0.2) is 0 Å². The molecule has 0 saturated heterocycles. The first-order valence-electron chi connectivity index (χ1n) is 9.29. The molecule has 1 unspecified atom stereocenters. The van der Waals surface area contributed by atoms with E-state index >= 15 is 0 Å². The van der Waals surface area contributed by atoms with Gasteiger partial charge in [0.1, 0.15) is 12.2 Å². The van der Waals surface area contributed by atoms with Crippen LogP contribution in [-0.2, 0) is 26.2 Å². The zero-order chi connectivity index (χ0) is 21.6. The highest BCUT2D eigenvalue weighted by Gasteiger charge is 2.40. The molecule has 4 rings (SSSR count). The van der Waals surface area contributed by atoms with Gasteiger partial charge in [-0.1, -0.05) is 35.0 Å². The molecular formula is C21H18BrF3N4O. The summed E-state index contributed by atoms with van der Waals surface area (Å²) in [7, 11) is 1.87. The lowest BCUT2D eigenvalue weighted by molar-refractivity contribution is -0.138. The van der Waals surface area contributed by atoms with Crippen LogP contribution in [0.3, 0.4) is 0 Å². The van der Waals surface area contributed by atoms with Gasteiger partial charge in [0.05, 0.1) is 12.1 Å². The van der Waals surface area contributed by atoms with Crippen molar-refractivity contribution < 1.29 is 18.0 Å². The zero-order valence-electron chi connectivity index (χ0n) is 16.2. The molecule has 30 heavy (non-hydrogen) atoms. The number of carbonyl (C=O) groups is 1. The van der Waals surface area contributed by atoms with Gasteiger partial charge in [0.2, 0.25) is 0 Å². The fraction of sp³-hybridized carbons (Fsp3) is 0.286. The molecule has 2 heterocycles. The average Bonchev–Trinajstić information content (AvgIpc) is 3.24. The van der Waals surface area contributed by atoms with Crippen molar-refractivity contribution in [2.24, 2.45) is 7.05 Å². The highest BCUT2D eigenvalue weighted by atomic mass is 79.9. The first kappa shape index (κ1) is 20.6. The monoisotopic (exact) mass is 478 g/mol. The fourth-order valence-electron chi connectivity index (χ4n) is 3.72. The molecule has 1 aliphatic rings. The summed E-state index contributed by atoms with van der Waals surface area (Å²) in [5.41, 5.74) is 0.844. The number of aromatic nitrogens is 3. The van der Waals surface area contributed by atoms with Crippen LogP contribution in [0, 0.1) is 0 Å². The van der Waals surface area contributed by atoms with Crippen LogP contribution in [0.25, 0.3) is 0 Å². The molecule has 0 saturated carbocycles.